The van der Waals surface area contributed by atoms with Crippen LogP contribution in [0.2, 0.25) is 0 Å². The number of aliphatic hydroxyl groups excluding tert-OH is 1. The van der Waals surface area contributed by atoms with Crippen molar-refractivity contribution >= 4 is 11.3 Å². The lowest BCUT2D eigenvalue weighted by molar-refractivity contribution is 0.126. The van der Waals surface area contributed by atoms with Crippen LogP contribution in [0.25, 0.3) is 0 Å². The Morgan fingerprint density at radius 2 is 2.16 bits per heavy atom. The maximum absolute atomic E-state index is 8.78. The lowest BCUT2D eigenvalue weighted by Crippen LogP contribution is -2.37. The molecule has 1 aromatic heterocycles. The minimum atomic E-state index is -0.0834. The number of benzene rings is 1. The Bertz CT molecular complexity index is 726. The van der Waals surface area contributed by atoms with Crippen molar-refractivity contribution in [2.45, 2.75) is 26.3 Å². The average Bonchev–Trinajstić information content (AvgIpc) is 3.07. The Labute approximate surface area is 154 Å². The van der Waals surface area contributed by atoms with Gasteiger partial charge < -0.3 is 9.84 Å². The molecule has 1 atom stereocenters. The minimum absolute atomic E-state index is 0.0834. The molecule has 1 unspecified atom stereocenters. The number of thiophene rings is 1. The Kier molecular flexibility index (Phi) is 6.52. The van der Waals surface area contributed by atoms with E-state index in [-0.39, 0.29) is 6.61 Å². The van der Waals surface area contributed by atoms with E-state index in [1.165, 1.54) is 23.3 Å². The zero-order valence-electron chi connectivity index (χ0n) is 14.7. The van der Waals surface area contributed by atoms with E-state index in [1.54, 1.807) is 11.3 Å². The van der Waals surface area contributed by atoms with Crippen LogP contribution in [0.5, 0.6) is 5.75 Å². The van der Waals surface area contributed by atoms with Gasteiger partial charge in [-0.05, 0) is 44.5 Å². The van der Waals surface area contributed by atoms with Crippen LogP contribution >= 0.6 is 11.3 Å². The maximum Gasteiger partial charge on any atom is 0.119 e. The first-order valence-electron chi connectivity index (χ1n) is 8.82. The van der Waals surface area contributed by atoms with Gasteiger partial charge in [-0.3, -0.25) is 4.90 Å². The number of piperidine rings is 1. The molecule has 1 fully saturated rings. The quantitative estimate of drug-likeness (QED) is 0.830. The molecule has 3 nitrogen and oxygen atoms in total. The number of ether oxygens (including phenoxy) is 1. The third-order valence-electron chi connectivity index (χ3n) is 4.45. The molecule has 1 aliphatic rings. The summed E-state index contributed by atoms with van der Waals surface area (Å²) in [5, 5.41) is 10.9. The highest BCUT2D eigenvalue weighted by molar-refractivity contribution is 7.10. The molecule has 0 amide bonds. The van der Waals surface area contributed by atoms with Crippen LogP contribution in [-0.4, -0.2) is 36.3 Å². The third kappa shape index (κ3) is 5.61. The predicted octanol–water partition coefficient (Wildman–Crippen LogP) is 3.69. The molecule has 3 rings (SSSR count). The van der Waals surface area contributed by atoms with Gasteiger partial charge in [-0.25, -0.2) is 0 Å². The van der Waals surface area contributed by atoms with Crippen LogP contribution in [0.15, 0.2) is 35.7 Å². The zero-order chi connectivity index (χ0) is 17.5. The van der Waals surface area contributed by atoms with E-state index in [9.17, 15) is 0 Å². The second kappa shape index (κ2) is 9.05. The van der Waals surface area contributed by atoms with Crippen molar-refractivity contribution < 1.29 is 9.84 Å². The molecule has 2 aromatic rings. The number of likely N-dealkylation sites (tertiary alicyclic amines) is 1. The first kappa shape index (κ1) is 18.0. The van der Waals surface area contributed by atoms with Crippen LogP contribution in [0.4, 0.5) is 0 Å². The molecule has 1 N–H and O–H groups in total. The zero-order valence-corrected chi connectivity index (χ0v) is 15.5. The van der Waals surface area contributed by atoms with Crippen molar-refractivity contribution in [2.75, 3.05) is 26.3 Å². The van der Waals surface area contributed by atoms with Gasteiger partial charge in [0.2, 0.25) is 0 Å². The molecule has 0 radical (unpaired) electrons. The van der Waals surface area contributed by atoms with E-state index in [0.29, 0.717) is 5.92 Å². The van der Waals surface area contributed by atoms with E-state index >= 15 is 0 Å². The summed E-state index contributed by atoms with van der Waals surface area (Å²) in [5.41, 5.74) is 2.26. The molecular formula is C21H25NO2S. The number of hydrogen-bond donors (Lipinski definition) is 1. The lowest BCUT2D eigenvalue weighted by Gasteiger charge is -2.32. The van der Waals surface area contributed by atoms with Crippen molar-refractivity contribution in [3.8, 4) is 17.6 Å². The Morgan fingerprint density at radius 1 is 1.32 bits per heavy atom. The summed E-state index contributed by atoms with van der Waals surface area (Å²) in [6.45, 7) is 6.01. The molecule has 0 saturated carbocycles. The summed E-state index contributed by atoms with van der Waals surface area (Å²) < 4.78 is 5.98. The molecule has 1 aliphatic heterocycles. The van der Waals surface area contributed by atoms with Gasteiger partial charge in [0.25, 0.3) is 0 Å². The number of nitrogens with zero attached hydrogens (tertiary/aromatic N) is 1. The van der Waals surface area contributed by atoms with E-state index in [0.717, 1.165) is 37.6 Å². The first-order valence-corrected chi connectivity index (χ1v) is 9.70. The van der Waals surface area contributed by atoms with Crippen LogP contribution in [0, 0.1) is 24.7 Å². The van der Waals surface area contributed by atoms with Gasteiger partial charge in [0, 0.05) is 34.8 Å². The summed E-state index contributed by atoms with van der Waals surface area (Å²) >= 11 is 1.75. The monoisotopic (exact) mass is 355 g/mol. The number of aryl methyl sites for hydroxylation is 1. The van der Waals surface area contributed by atoms with Gasteiger partial charge >= 0.3 is 0 Å². The minimum Gasteiger partial charge on any atom is -0.493 e. The Balaban J connectivity index is 1.49. The van der Waals surface area contributed by atoms with Crippen molar-refractivity contribution in [1.29, 1.82) is 0 Å². The fraction of sp³-hybridized carbons (Fsp3) is 0.429. The molecule has 2 heterocycles. The molecule has 1 saturated heterocycles. The topological polar surface area (TPSA) is 32.7 Å². The fourth-order valence-corrected chi connectivity index (χ4v) is 4.03. The number of hydrogen-bond acceptors (Lipinski definition) is 4. The summed E-state index contributed by atoms with van der Waals surface area (Å²) in [4.78, 5) is 3.85. The largest absolute Gasteiger partial charge is 0.493 e. The highest BCUT2D eigenvalue weighted by Crippen LogP contribution is 2.23. The summed E-state index contributed by atoms with van der Waals surface area (Å²) in [5.74, 6) is 7.23. The third-order valence-corrected chi connectivity index (χ3v) is 5.38. The summed E-state index contributed by atoms with van der Waals surface area (Å²) in [6.07, 6.45) is 2.46. The van der Waals surface area contributed by atoms with Gasteiger partial charge in [0.15, 0.2) is 0 Å². The van der Waals surface area contributed by atoms with E-state index in [2.05, 4.69) is 59.4 Å². The summed E-state index contributed by atoms with van der Waals surface area (Å²) in [7, 11) is 0. The van der Waals surface area contributed by atoms with Gasteiger partial charge in [0.1, 0.15) is 12.4 Å². The van der Waals surface area contributed by atoms with Gasteiger partial charge in [0.05, 0.1) is 6.61 Å². The Hall–Kier alpha value is -1.80. The summed E-state index contributed by atoms with van der Waals surface area (Å²) in [6, 6.07) is 10.4. The van der Waals surface area contributed by atoms with E-state index in [4.69, 9.17) is 9.84 Å². The van der Waals surface area contributed by atoms with Crippen molar-refractivity contribution in [1.82, 2.24) is 4.90 Å². The molecular weight excluding hydrogens is 330 g/mol. The average molecular weight is 356 g/mol. The normalized spacial score (nSPS) is 17.8. The van der Waals surface area contributed by atoms with E-state index < -0.39 is 0 Å². The fourth-order valence-electron chi connectivity index (χ4n) is 3.17. The van der Waals surface area contributed by atoms with Crippen LogP contribution < -0.4 is 4.74 Å². The molecule has 0 spiro atoms. The van der Waals surface area contributed by atoms with Crippen LogP contribution in [-0.2, 0) is 6.54 Å². The molecule has 1 aromatic carbocycles. The standard InChI is InChI=1S/C21H25NO2S/c1-17-6-8-20(9-7-17)24-15-19-4-2-10-22(13-19)14-21-12-18(16-25-21)5-3-11-23/h6-9,12,16,19,23H,2,4,10-11,13-15H2,1H3. The van der Waals surface area contributed by atoms with Crippen LogP contribution in [0.3, 0.4) is 0 Å². The molecule has 25 heavy (non-hydrogen) atoms. The van der Waals surface area contributed by atoms with E-state index in [1.807, 2.05) is 0 Å². The molecule has 0 aliphatic carbocycles. The van der Waals surface area contributed by atoms with Crippen molar-refractivity contribution in [3.05, 3.63) is 51.7 Å². The predicted molar refractivity (Wildman–Crippen MR) is 103 cm³/mol. The molecule has 0 bridgehead atoms. The van der Waals surface area contributed by atoms with Gasteiger partial charge in [-0.15, -0.1) is 11.3 Å². The molecule has 132 valence electrons. The highest BCUT2D eigenvalue weighted by atomic mass is 32.1. The van der Waals surface area contributed by atoms with Crippen LogP contribution in [0.1, 0.15) is 28.8 Å². The van der Waals surface area contributed by atoms with Gasteiger partial charge in [-0.1, -0.05) is 29.5 Å². The number of rotatable bonds is 5. The molecule has 4 heteroatoms. The van der Waals surface area contributed by atoms with Crippen molar-refractivity contribution in [3.63, 3.8) is 0 Å². The SMILES string of the molecule is Cc1ccc(OCC2CCCN(Cc3cc(C#CCO)cs3)C2)cc1. The highest BCUT2D eigenvalue weighted by Gasteiger charge is 2.21. The first-order chi connectivity index (χ1) is 12.2. The van der Waals surface area contributed by atoms with Gasteiger partial charge in [-0.2, -0.15) is 0 Å². The number of aliphatic hydroxyl groups is 1. The Morgan fingerprint density at radius 3 is 2.96 bits per heavy atom. The second-order valence-electron chi connectivity index (χ2n) is 6.63. The smallest absolute Gasteiger partial charge is 0.119 e. The van der Waals surface area contributed by atoms with Crippen molar-refractivity contribution in [2.24, 2.45) is 5.92 Å². The second-order valence-corrected chi connectivity index (χ2v) is 7.62. The maximum atomic E-state index is 8.78. The lowest BCUT2D eigenvalue weighted by atomic mass is 9.99.